The van der Waals surface area contributed by atoms with Crippen LogP contribution < -0.4 is 10.6 Å². The molecule has 1 unspecified atom stereocenters. The van der Waals surface area contributed by atoms with Crippen LogP contribution in [0.5, 0.6) is 0 Å². The molecule has 0 fully saturated rings. The molecule has 0 heterocycles. The van der Waals surface area contributed by atoms with Crippen molar-refractivity contribution in [3.8, 4) is 0 Å². The van der Waals surface area contributed by atoms with Gasteiger partial charge in [-0.3, -0.25) is 0 Å². The van der Waals surface area contributed by atoms with Crippen molar-refractivity contribution in [3.63, 3.8) is 0 Å². The maximum atomic E-state index is 11.6. The molecule has 1 atom stereocenters. The van der Waals surface area contributed by atoms with Crippen LogP contribution in [0.1, 0.15) is 17.3 Å². The van der Waals surface area contributed by atoms with Gasteiger partial charge in [0, 0.05) is 12.8 Å². The van der Waals surface area contributed by atoms with Crippen LogP contribution in [0.2, 0.25) is 0 Å². The summed E-state index contributed by atoms with van der Waals surface area (Å²) in [6.07, 6.45) is 0. The van der Waals surface area contributed by atoms with Crippen LogP contribution in [-0.4, -0.2) is 36.9 Å². The van der Waals surface area contributed by atoms with Gasteiger partial charge in [-0.05, 0) is 25.1 Å². The fraction of sp³-hybridized carbons (Fsp3) is 0.333. The van der Waals surface area contributed by atoms with Crippen LogP contribution in [0.15, 0.2) is 24.3 Å². The highest BCUT2D eigenvalue weighted by Crippen LogP contribution is 2.10. The molecular weight excluding hydrogens is 236 g/mol. The molecule has 0 radical (unpaired) electrons. The van der Waals surface area contributed by atoms with Crippen molar-refractivity contribution in [2.45, 2.75) is 13.0 Å². The molecule has 0 aliphatic heterocycles. The van der Waals surface area contributed by atoms with E-state index in [0.717, 1.165) is 0 Å². The van der Waals surface area contributed by atoms with Gasteiger partial charge < -0.3 is 20.5 Å². The Bertz CT molecular complexity index is 434. The SMILES string of the molecule is COCC(C)NC(=O)Nc1cccc(C(=O)O)c1. The lowest BCUT2D eigenvalue weighted by Gasteiger charge is -2.13. The number of carboxylic acid groups (broad SMARTS) is 1. The second-order valence-electron chi connectivity index (χ2n) is 3.84. The number of amides is 2. The van der Waals surface area contributed by atoms with Gasteiger partial charge in [0.15, 0.2) is 0 Å². The number of hydrogen-bond acceptors (Lipinski definition) is 3. The van der Waals surface area contributed by atoms with Crippen molar-refractivity contribution >= 4 is 17.7 Å². The van der Waals surface area contributed by atoms with Crippen LogP contribution in [-0.2, 0) is 4.74 Å². The summed E-state index contributed by atoms with van der Waals surface area (Å²) in [4.78, 5) is 22.3. The Labute approximate surface area is 105 Å². The number of anilines is 1. The first kappa shape index (κ1) is 14.0. The van der Waals surface area contributed by atoms with E-state index in [1.54, 1.807) is 26.2 Å². The second-order valence-corrected chi connectivity index (χ2v) is 3.84. The van der Waals surface area contributed by atoms with Gasteiger partial charge in [-0.15, -0.1) is 0 Å². The van der Waals surface area contributed by atoms with Crippen molar-refractivity contribution in [2.75, 3.05) is 19.0 Å². The van der Waals surface area contributed by atoms with Crippen molar-refractivity contribution in [2.24, 2.45) is 0 Å². The van der Waals surface area contributed by atoms with Gasteiger partial charge in [0.05, 0.1) is 18.2 Å². The van der Waals surface area contributed by atoms with E-state index in [1.807, 2.05) is 0 Å². The molecule has 1 aromatic rings. The third-order valence-electron chi connectivity index (χ3n) is 2.16. The zero-order valence-corrected chi connectivity index (χ0v) is 10.3. The Morgan fingerprint density at radius 3 is 2.78 bits per heavy atom. The number of nitrogens with one attached hydrogen (secondary N) is 2. The molecule has 0 aliphatic rings. The lowest BCUT2D eigenvalue weighted by Crippen LogP contribution is -2.38. The number of urea groups is 1. The van der Waals surface area contributed by atoms with Crippen LogP contribution in [0, 0.1) is 0 Å². The molecule has 0 saturated carbocycles. The summed E-state index contributed by atoms with van der Waals surface area (Å²) < 4.78 is 4.89. The molecule has 3 N–H and O–H groups in total. The van der Waals surface area contributed by atoms with Crippen LogP contribution >= 0.6 is 0 Å². The first-order valence-corrected chi connectivity index (χ1v) is 5.42. The monoisotopic (exact) mass is 252 g/mol. The fourth-order valence-corrected chi connectivity index (χ4v) is 1.41. The topological polar surface area (TPSA) is 87.7 Å². The van der Waals surface area contributed by atoms with Crippen molar-refractivity contribution < 1.29 is 19.4 Å². The second kappa shape index (κ2) is 6.61. The van der Waals surface area contributed by atoms with Gasteiger partial charge in [0.1, 0.15) is 0 Å². The fourth-order valence-electron chi connectivity index (χ4n) is 1.41. The molecule has 18 heavy (non-hydrogen) atoms. The van der Waals surface area contributed by atoms with Gasteiger partial charge in [0.25, 0.3) is 0 Å². The summed E-state index contributed by atoms with van der Waals surface area (Å²) in [5.74, 6) is -1.04. The summed E-state index contributed by atoms with van der Waals surface area (Å²) in [7, 11) is 1.55. The molecule has 1 rings (SSSR count). The molecule has 6 nitrogen and oxygen atoms in total. The molecule has 98 valence electrons. The molecule has 0 spiro atoms. The third kappa shape index (κ3) is 4.42. The zero-order valence-electron chi connectivity index (χ0n) is 10.3. The van der Waals surface area contributed by atoms with E-state index >= 15 is 0 Å². The zero-order chi connectivity index (χ0) is 13.5. The van der Waals surface area contributed by atoms with E-state index in [2.05, 4.69) is 10.6 Å². The highest BCUT2D eigenvalue weighted by atomic mass is 16.5. The molecule has 0 bridgehead atoms. The predicted octanol–water partition coefficient (Wildman–Crippen LogP) is 1.54. The number of ether oxygens (including phenoxy) is 1. The summed E-state index contributed by atoms with van der Waals surface area (Å²) in [5, 5.41) is 14.0. The van der Waals surface area contributed by atoms with Gasteiger partial charge in [0.2, 0.25) is 0 Å². The standard InChI is InChI=1S/C12H16N2O4/c1-8(7-18-2)13-12(17)14-10-5-3-4-9(6-10)11(15)16/h3-6,8H,7H2,1-2H3,(H,15,16)(H2,13,14,17). The molecule has 2 amide bonds. The first-order chi connectivity index (χ1) is 8.52. The summed E-state index contributed by atoms with van der Waals surface area (Å²) in [6.45, 7) is 2.21. The normalized spacial score (nSPS) is 11.7. The molecular formula is C12H16N2O4. The third-order valence-corrected chi connectivity index (χ3v) is 2.16. The van der Waals surface area contributed by atoms with Crippen LogP contribution in [0.4, 0.5) is 10.5 Å². The van der Waals surface area contributed by atoms with Gasteiger partial charge in [-0.2, -0.15) is 0 Å². The number of carboxylic acids is 1. The van der Waals surface area contributed by atoms with Crippen LogP contribution in [0.3, 0.4) is 0 Å². The average molecular weight is 252 g/mol. The summed E-state index contributed by atoms with van der Waals surface area (Å²) >= 11 is 0. The quantitative estimate of drug-likeness (QED) is 0.741. The maximum Gasteiger partial charge on any atom is 0.335 e. The van der Waals surface area contributed by atoms with E-state index in [1.165, 1.54) is 12.1 Å². The molecule has 0 saturated heterocycles. The van der Waals surface area contributed by atoms with Gasteiger partial charge in [-0.25, -0.2) is 9.59 Å². The number of benzene rings is 1. The maximum absolute atomic E-state index is 11.6. The Kier molecular flexibility index (Phi) is 5.13. The number of carbonyl (C=O) groups excluding carboxylic acids is 1. The number of rotatable bonds is 5. The number of hydrogen-bond donors (Lipinski definition) is 3. The Morgan fingerprint density at radius 1 is 1.44 bits per heavy atom. The average Bonchev–Trinajstić information content (AvgIpc) is 2.29. The Balaban J connectivity index is 2.59. The molecule has 6 heteroatoms. The van der Waals surface area contributed by atoms with E-state index in [0.29, 0.717) is 12.3 Å². The number of carbonyl (C=O) groups is 2. The van der Waals surface area contributed by atoms with Gasteiger partial charge >= 0.3 is 12.0 Å². The smallest absolute Gasteiger partial charge is 0.335 e. The number of aromatic carboxylic acids is 1. The lowest BCUT2D eigenvalue weighted by atomic mass is 10.2. The van der Waals surface area contributed by atoms with Crippen molar-refractivity contribution in [3.05, 3.63) is 29.8 Å². The van der Waals surface area contributed by atoms with E-state index in [-0.39, 0.29) is 11.6 Å². The first-order valence-electron chi connectivity index (χ1n) is 5.42. The highest BCUT2D eigenvalue weighted by Gasteiger charge is 2.08. The summed E-state index contributed by atoms with van der Waals surface area (Å²) in [6, 6.07) is 5.51. The van der Waals surface area contributed by atoms with E-state index in [9.17, 15) is 9.59 Å². The van der Waals surface area contributed by atoms with E-state index < -0.39 is 12.0 Å². The minimum atomic E-state index is -1.04. The van der Waals surface area contributed by atoms with Crippen LogP contribution in [0.25, 0.3) is 0 Å². The molecule has 1 aromatic carbocycles. The minimum absolute atomic E-state index is 0.123. The largest absolute Gasteiger partial charge is 0.478 e. The lowest BCUT2D eigenvalue weighted by molar-refractivity contribution is 0.0697. The highest BCUT2D eigenvalue weighted by molar-refractivity contribution is 5.93. The number of methoxy groups -OCH3 is 1. The van der Waals surface area contributed by atoms with Crippen molar-refractivity contribution in [1.82, 2.24) is 5.32 Å². The van der Waals surface area contributed by atoms with Gasteiger partial charge in [-0.1, -0.05) is 6.07 Å². The Morgan fingerprint density at radius 2 is 2.17 bits per heavy atom. The van der Waals surface area contributed by atoms with E-state index in [4.69, 9.17) is 9.84 Å². The van der Waals surface area contributed by atoms with Crippen molar-refractivity contribution in [1.29, 1.82) is 0 Å². The Hall–Kier alpha value is -2.08. The molecule has 0 aromatic heterocycles. The minimum Gasteiger partial charge on any atom is -0.478 e. The molecule has 0 aliphatic carbocycles. The predicted molar refractivity (Wildman–Crippen MR) is 66.9 cm³/mol. The summed E-state index contributed by atoms with van der Waals surface area (Å²) in [5.41, 5.74) is 0.551.